The normalized spacial score (nSPS) is 11.1. The van der Waals surface area contributed by atoms with Crippen LogP contribution in [-0.2, 0) is 11.2 Å². The van der Waals surface area contributed by atoms with Gasteiger partial charge in [-0.1, -0.05) is 51.1 Å². The van der Waals surface area contributed by atoms with Crippen molar-refractivity contribution in [1.82, 2.24) is 4.90 Å². The summed E-state index contributed by atoms with van der Waals surface area (Å²) < 4.78 is 0. The first-order valence-corrected chi connectivity index (χ1v) is 6.44. The van der Waals surface area contributed by atoms with E-state index in [0.29, 0.717) is 0 Å². The van der Waals surface area contributed by atoms with E-state index in [1.165, 1.54) is 5.56 Å². The highest BCUT2D eigenvalue weighted by Gasteiger charge is 2.16. The minimum absolute atomic E-state index is 0.0670. The molecule has 0 bridgehead atoms. The number of nitrogens with zero attached hydrogens (tertiary/aromatic N) is 1. The third kappa shape index (κ3) is 5.53. The quantitative estimate of drug-likeness (QED) is 0.783. The third-order valence-corrected chi connectivity index (χ3v) is 2.66. The van der Waals surface area contributed by atoms with Crippen LogP contribution in [0.4, 0.5) is 0 Å². The minimum atomic E-state index is 0.0670. The Morgan fingerprint density at radius 3 is 2.24 bits per heavy atom. The second-order valence-corrected chi connectivity index (χ2v) is 3.94. The summed E-state index contributed by atoms with van der Waals surface area (Å²) >= 11 is 0. The van der Waals surface area contributed by atoms with Gasteiger partial charge in [0.05, 0.1) is 0 Å². The van der Waals surface area contributed by atoms with Crippen molar-refractivity contribution in [2.75, 3.05) is 13.6 Å². The number of carbonyl (C=O) groups excluding carboxylic acids is 1. The Kier molecular flexibility index (Phi) is 8.12. The van der Waals surface area contributed by atoms with Crippen molar-refractivity contribution in [1.29, 1.82) is 0 Å². The summed E-state index contributed by atoms with van der Waals surface area (Å²) in [6.45, 7) is 8.76. The van der Waals surface area contributed by atoms with Gasteiger partial charge in [-0.2, -0.15) is 0 Å². The lowest BCUT2D eigenvalue weighted by molar-refractivity contribution is -0.133. The Balaban J connectivity index is 0.00000121. The van der Waals surface area contributed by atoms with Crippen LogP contribution in [0.25, 0.3) is 0 Å². The van der Waals surface area contributed by atoms with Gasteiger partial charge >= 0.3 is 0 Å². The summed E-state index contributed by atoms with van der Waals surface area (Å²) in [4.78, 5) is 13.6. The van der Waals surface area contributed by atoms with Crippen LogP contribution in [0, 0.1) is 5.92 Å². The molecule has 1 atom stereocenters. The number of carbonyl (C=O) groups is 1. The zero-order chi connectivity index (χ0) is 13.3. The number of hydrogen-bond donors (Lipinski definition) is 0. The smallest absolute Gasteiger partial charge is 0.225 e. The van der Waals surface area contributed by atoms with E-state index >= 15 is 0 Å². The van der Waals surface area contributed by atoms with Crippen LogP contribution >= 0.6 is 0 Å². The van der Waals surface area contributed by atoms with E-state index in [9.17, 15) is 4.79 Å². The molecule has 96 valence electrons. The van der Waals surface area contributed by atoms with Gasteiger partial charge in [0.15, 0.2) is 0 Å². The molecule has 0 aliphatic rings. The Labute approximate surface area is 106 Å². The van der Waals surface area contributed by atoms with Crippen molar-refractivity contribution >= 4 is 5.91 Å². The lowest BCUT2D eigenvalue weighted by atomic mass is 10.00. The Morgan fingerprint density at radius 2 is 1.76 bits per heavy atom. The number of benzene rings is 1. The molecule has 1 amide bonds. The standard InChI is InChI=1S/C13H19NO.C2H6/c1-4-14(3)13(15)11(2)10-12-8-6-5-7-9-12;1-2/h5-9,11H,4,10H2,1-3H3;1-2H3. The summed E-state index contributed by atoms with van der Waals surface area (Å²) in [7, 11) is 1.85. The molecule has 0 saturated heterocycles. The van der Waals surface area contributed by atoms with Crippen molar-refractivity contribution in [2.45, 2.75) is 34.1 Å². The molecule has 1 aromatic carbocycles. The predicted octanol–water partition coefficient (Wildman–Crippen LogP) is 3.37. The van der Waals surface area contributed by atoms with E-state index in [0.717, 1.165) is 13.0 Å². The Hall–Kier alpha value is -1.31. The zero-order valence-electron chi connectivity index (χ0n) is 11.7. The largest absolute Gasteiger partial charge is 0.346 e. The van der Waals surface area contributed by atoms with Crippen LogP contribution in [0.2, 0.25) is 0 Å². The van der Waals surface area contributed by atoms with E-state index in [-0.39, 0.29) is 11.8 Å². The third-order valence-electron chi connectivity index (χ3n) is 2.66. The number of hydrogen-bond acceptors (Lipinski definition) is 1. The first-order chi connectivity index (χ1) is 8.15. The molecule has 1 aromatic rings. The summed E-state index contributed by atoms with van der Waals surface area (Å²) in [5.74, 6) is 0.290. The molecule has 2 heteroatoms. The molecule has 0 aliphatic carbocycles. The summed E-state index contributed by atoms with van der Waals surface area (Å²) in [5, 5.41) is 0. The van der Waals surface area contributed by atoms with Crippen LogP contribution in [0.15, 0.2) is 30.3 Å². The minimum Gasteiger partial charge on any atom is -0.346 e. The Bertz CT molecular complexity index is 308. The molecule has 0 spiro atoms. The van der Waals surface area contributed by atoms with E-state index < -0.39 is 0 Å². The maximum atomic E-state index is 11.8. The molecular formula is C15H25NO. The van der Waals surface area contributed by atoms with Crippen LogP contribution in [-0.4, -0.2) is 24.4 Å². The van der Waals surface area contributed by atoms with E-state index in [1.54, 1.807) is 4.90 Å². The van der Waals surface area contributed by atoms with Crippen LogP contribution in [0.5, 0.6) is 0 Å². The molecule has 0 aromatic heterocycles. The lowest BCUT2D eigenvalue weighted by Crippen LogP contribution is -2.32. The van der Waals surface area contributed by atoms with Crippen molar-refractivity contribution in [2.24, 2.45) is 5.92 Å². The van der Waals surface area contributed by atoms with Gasteiger partial charge in [0.25, 0.3) is 0 Å². The van der Waals surface area contributed by atoms with Gasteiger partial charge < -0.3 is 4.90 Å². The maximum Gasteiger partial charge on any atom is 0.225 e. The first kappa shape index (κ1) is 15.7. The van der Waals surface area contributed by atoms with Gasteiger partial charge in [0.1, 0.15) is 0 Å². The lowest BCUT2D eigenvalue weighted by Gasteiger charge is -2.19. The van der Waals surface area contributed by atoms with Crippen molar-refractivity contribution in [3.63, 3.8) is 0 Å². The van der Waals surface area contributed by atoms with Crippen LogP contribution in [0.3, 0.4) is 0 Å². The molecule has 2 nitrogen and oxygen atoms in total. The predicted molar refractivity (Wildman–Crippen MR) is 74.0 cm³/mol. The van der Waals surface area contributed by atoms with Crippen molar-refractivity contribution in [3.05, 3.63) is 35.9 Å². The highest BCUT2D eigenvalue weighted by Crippen LogP contribution is 2.10. The molecular weight excluding hydrogens is 210 g/mol. The SMILES string of the molecule is CC.CCN(C)C(=O)C(C)Cc1ccccc1. The molecule has 1 rings (SSSR count). The zero-order valence-corrected chi connectivity index (χ0v) is 11.7. The molecule has 0 aliphatic heterocycles. The van der Waals surface area contributed by atoms with E-state index in [4.69, 9.17) is 0 Å². The van der Waals surface area contributed by atoms with E-state index in [2.05, 4.69) is 12.1 Å². The average Bonchev–Trinajstić information content (AvgIpc) is 2.40. The summed E-state index contributed by atoms with van der Waals surface area (Å²) in [6, 6.07) is 10.1. The monoisotopic (exact) mass is 235 g/mol. The highest BCUT2D eigenvalue weighted by molar-refractivity contribution is 5.78. The Morgan fingerprint density at radius 1 is 1.24 bits per heavy atom. The molecule has 0 saturated carbocycles. The second-order valence-electron chi connectivity index (χ2n) is 3.94. The highest BCUT2D eigenvalue weighted by atomic mass is 16.2. The topological polar surface area (TPSA) is 20.3 Å². The van der Waals surface area contributed by atoms with Gasteiger partial charge in [-0.15, -0.1) is 0 Å². The van der Waals surface area contributed by atoms with Crippen molar-refractivity contribution < 1.29 is 4.79 Å². The summed E-state index contributed by atoms with van der Waals surface area (Å²) in [5.41, 5.74) is 1.22. The van der Waals surface area contributed by atoms with Crippen molar-refractivity contribution in [3.8, 4) is 0 Å². The molecule has 0 radical (unpaired) electrons. The second kappa shape index (κ2) is 8.80. The molecule has 17 heavy (non-hydrogen) atoms. The first-order valence-electron chi connectivity index (χ1n) is 6.44. The van der Waals surface area contributed by atoms with Crippen LogP contribution < -0.4 is 0 Å². The fraction of sp³-hybridized carbons (Fsp3) is 0.533. The fourth-order valence-corrected chi connectivity index (χ4v) is 1.59. The molecule has 0 N–H and O–H groups in total. The van der Waals surface area contributed by atoms with Crippen LogP contribution in [0.1, 0.15) is 33.3 Å². The molecule has 0 heterocycles. The number of rotatable bonds is 4. The average molecular weight is 235 g/mol. The van der Waals surface area contributed by atoms with Gasteiger partial charge in [0.2, 0.25) is 5.91 Å². The number of amides is 1. The molecule has 0 fully saturated rings. The molecule has 1 unspecified atom stereocenters. The fourth-order valence-electron chi connectivity index (χ4n) is 1.59. The van der Waals surface area contributed by atoms with Gasteiger partial charge in [-0.05, 0) is 18.9 Å². The van der Waals surface area contributed by atoms with Gasteiger partial charge in [0, 0.05) is 19.5 Å². The van der Waals surface area contributed by atoms with E-state index in [1.807, 2.05) is 52.9 Å². The van der Waals surface area contributed by atoms with Gasteiger partial charge in [-0.3, -0.25) is 4.79 Å². The summed E-state index contributed by atoms with van der Waals surface area (Å²) in [6.07, 6.45) is 0.823. The van der Waals surface area contributed by atoms with Gasteiger partial charge in [-0.25, -0.2) is 0 Å². The maximum absolute atomic E-state index is 11.8.